The van der Waals surface area contributed by atoms with E-state index in [2.05, 4.69) is 20.7 Å². The first kappa shape index (κ1) is 13.3. The minimum atomic E-state index is -0.283. The van der Waals surface area contributed by atoms with Crippen molar-refractivity contribution in [2.24, 2.45) is 5.92 Å². The fourth-order valence-corrected chi connectivity index (χ4v) is 1.89. The first-order valence-corrected chi connectivity index (χ1v) is 6.59. The minimum absolute atomic E-state index is 0.0335. The standard InChI is InChI=1S/C12H15N7O2/c1-7-9(13)4-14-19(7)11(20)6-18-5-10(16-17-18)15-12(21)8-2-3-8/h4-5,8H,2-3,6,13H2,1H3,(H,15,21). The average molecular weight is 289 g/mol. The molecule has 2 heterocycles. The van der Waals surface area contributed by atoms with Crippen molar-refractivity contribution >= 4 is 23.3 Å². The monoisotopic (exact) mass is 289 g/mol. The summed E-state index contributed by atoms with van der Waals surface area (Å²) in [7, 11) is 0. The van der Waals surface area contributed by atoms with Gasteiger partial charge >= 0.3 is 0 Å². The van der Waals surface area contributed by atoms with E-state index in [1.165, 1.54) is 21.8 Å². The van der Waals surface area contributed by atoms with Gasteiger partial charge in [0.15, 0.2) is 5.82 Å². The number of hydrogen-bond donors (Lipinski definition) is 2. The fraction of sp³-hybridized carbons (Fsp3) is 0.417. The number of amides is 1. The Morgan fingerprint density at radius 2 is 2.24 bits per heavy atom. The van der Waals surface area contributed by atoms with Crippen LogP contribution in [0.25, 0.3) is 0 Å². The largest absolute Gasteiger partial charge is 0.396 e. The van der Waals surface area contributed by atoms with Gasteiger partial charge in [-0.25, -0.2) is 9.36 Å². The summed E-state index contributed by atoms with van der Waals surface area (Å²) < 4.78 is 2.57. The molecular formula is C12H15N7O2. The normalized spacial score (nSPS) is 14.1. The lowest BCUT2D eigenvalue weighted by Crippen LogP contribution is -2.20. The molecule has 1 amide bonds. The predicted molar refractivity (Wildman–Crippen MR) is 73.4 cm³/mol. The zero-order valence-corrected chi connectivity index (χ0v) is 11.5. The van der Waals surface area contributed by atoms with Crippen LogP contribution in [0.15, 0.2) is 12.4 Å². The van der Waals surface area contributed by atoms with E-state index in [-0.39, 0.29) is 24.3 Å². The lowest BCUT2D eigenvalue weighted by molar-refractivity contribution is -0.117. The van der Waals surface area contributed by atoms with Crippen LogP contribution < -0.4 is 11.1 Å². The van der Waals surface area contributed by atoms with Crippen molar-refractivity contribution in [3.63, 3.8) is 0 Å². The Kier molecular flexibility index (Phi) is 3.16. The molecule has 0 bridgehead atoms. The van der Waals surface area contributed by atoms with Crippen molar-refractivity contribution in [2.45, 2.75) is 26.3 Å². The minimum Gasteiger partial charge on any atom is -0.396 e. The van der Waals surface area contributed by atoms with E-state index in [0.717, 1.165) is 12.8 Å². The van der Waals surface area contributed by atoms with Crippen LogP contribution in [0.5, 0.6) is 0 Å². The zero-order valence-electron chi connectivity index (χ0n) is 11.5. The number of nitrogens with zero attached hydrogens (tertiary/aromatic N) is 5. The van der Waals surface area contributed by atoms with E-state index in [4.69, 9.17) is 5.73 Å². The summed E-state index contributed by atoms with van der Waals surface area (Å²) in [6.07, 6.45) is 4.77. The van der Waals surface area contributed by atoms with Gasteiger partial charge in [0.1, 0.15) is 6.54 Å². The molecule has 0 spiro atoms. The van der Waals surface area contributed by atoms with Gasteiger partial charge in [-0.2, -0.15) is 5.10 Å². The van der Waals surface area contributed by atoms with Crippen molar-refractivity contribution in [2.75, 3.05) is 11.1 Å². The van der Waals surface area contributed by atoms with Gasteiger partial charge in [0.2, 0.25) is 5.91 Å². The molecule has 0 atom stereocenters. The summed E-state index contributed by atoms with van der Waals surface area (Å²) >= 11 is 0. The summed E-state index contributed by atoms with van der Waals surface area (Å²) in [6.45, 7) is 1.68. The molecule has 1 aliphatic carbocycles. The highest BCUT2D eigenvalue weighted by atomic mass is 16.2. The van der Waals surface area contributed by atoms with E-state index >= 15 is 0 Å². The number of hydrogen-bond acceptors (Lipinski definition) is 6. The van der Waals surface area contributed by atoms with Crippen LogP contribution >= 0.6 is 0 Å². The molecular weight excluding hydrogens is 274 g/mol. The highest BCUT2D eigenvalue weighted by Gasteiger charge is 2.30. The Labute approximate surface area is 120 Å². The van der Waals surface area contributed by atoms with E-state index in [0.29, 0.717) is 17.2 Å². The van der Waals surface area contributed by atoms with Crippen LogP contribution in [0.4, 0.5) is 11.5 Å². The van der Waals surface area contributed by atoms with E-state index in [9.17, 15) is 9.59 Å². The van der Waals surface area contributed by atoms with Crippen molar-refractivity contribution in [3.8, 4) is 0 Å². The molecule has 3 rings (SSSR count). The van der Waals surface area contributed by atoms with Gasteiger partial charge in [-0.3, -0.25) is 9.59 Å². The second-order valence-corrected chi connectivity index (χ2v) is 5.06. The number of carbonyl (C=O) groups is 2. The molecule has 9 heteroatoms. The Hall–Kier alpha value is -2.71. The maximum atomic E-state index is 12.1. The molecule has 1 saturated carbocycles. The maximum absolute atomic E-state index is 12.1. The zero-order chi connectivity index (χ0) is 15.0. The molecule has 21 heavy (non-hydrogen) atoms. The summed E-state index contributed by atoms with van der Waals surface area (Å²) in [5.41, 5.74) is 6.69. The predicted octanol–water partition coefficient (Wildman–Crippen LogP) is 0.0541. The lowest BCUT2D eigenvalue weighted by atomic mass is 10.4. The molecule has 9 nitrogen and oxygen atoms in total. The Morgan fingerprint density at radius 1 is 1.48 bits per heavy atom. The quantitative estimate of drug-likeness (QED) is 0.820. The van der Waals surface area contributed by atoms with Gasteiger partial charge in [0.05, 0.1) is 23.8 Å². The molecule has 0 aromatic carbocycles. The van der Waals surface area contributed by atoms with Gasteiger partial charge < -0.3 is 11.1 Å². The summed E-state index contributed by atoms with van der Waals surface area (Å²) in [6, 6.07) is 0. The molecule has 0 aliphatic heterocycles. The molecule has 2 aromatic heterocycles. The number of rotatable bonds is 4. The van der Waals surface area contributed by atoms with Crippen LogP contribution in [-0.2, 0) is 11.3 Å². The first-order valence-electron chi connectivity index (χ1n) is 6.59. The number of nitrogens with one attached hydrogen (secondary N) is 1. The van der Waals surface area contributed by atoms with Crippen LogP contribution in [0.3, 0.4) is 0 Å². The molecule has 3 N–H and O–H groups in total. The number of nitrogens with two attached hydrogens (primary N) is 1. The molecule has 1 aliphatic rings. The molecule has 0 radical (unpaired) electrons. The molecule has 2 aromatic rings. The van der Waals surface area contributed by atoms with Gasteiger partial charge in [-0.05, 0) is 19.8 Å². The maximum Gasteiger partial charge on any atom is 0.268 e. The number of aromatic nitrogens is 5. The third-order valence-electron chi connectivity index (χ3n) is 3.32. The molecule has 0 saturated heterocycles. The Morgan fingerprint density at radius 3 is 2.86 bits per heavy atom. The number of nitrogen functional groups attached to an aromatic ring is 1. The Bertz CT molecular complexity index is 698. The van der Waals surface area contributed by atoms with Crippen molar-refractivity contribution in [1.82, 2.24) is 24.8 Å². The second kappa shape index (κ2) is 5.00. The van der Waals surface area contributed by atoms with Gasteiger partial charge in [-0.15, -0.1) is 5.10 Å². The van der Waals surface area contributed by atoms with Crippen molar-refractivity contribution < 1.29 is 9.59 Å². The summed E-state index contributed by atoms with van der Waals surface area (Å²) in [4.78, 5) is 23.7. The summed E-state index contributed by atoms with van der Waals surface area (Å²) in [5, 5.41) is 14.2. The van der Waals surface area contributed by atoms with Crippen LogP contribution in [0.2, 0.25) is 0 Å². The highest BCUT2D eigenvalue weighted by Crippen LogP contribution is 2.29. The number of carbonyl (C=O) groups excluding carboxylic acids is 2. The third-order valence-corrected chi connectivity index (χ3v) is 3.32. The SMILES string of the molecule is Cc1c(N)cnn1C(=O)Cn1cc(NC(=O)C2CC2)nn1. The molecule has 1 fully saturated rings. The first-order chi connectivity index (χ1) is 10.0. The number of anilines is 2. The second-order valence-electron chi connectivity index (χ2n) is 5.06. The van der Waals surface area contributed by atoms with Gasteiger partial charge in [-0.1, -0.05) is 5.21 Å². The van der Waals surface area contributed by atoms with E-state index < -0.39 is 0 Å². The van der Waals surface area contributed by atoms with E-state index in [1.807, 2.05) is 0 Å². The third kappa shape index (κ3) is 2.76. The fourth-order valence-electron chi connectivity index (χ4n) is 1.89. The smallest absolute Gasteiger partial charge is 0.268 e. The summed E-state index contributed by atoms with van der Waals surface area (Å²) in [5.74, 6) is 0.0983. The molecule has 110 valence electrons. The van der Waals surface area contributed by atoms with E-state index in [1.54, 1.807) is 6.92 Å². The highest BCUT2D eigenvalue weighted by molar-refractivity contribution is 5.93. The van der Waals surface area contributed by atoms with Crippen LogP contribution in [0.1, 0.15) is 23.3 Å². The van der Waals surface area contributed by atoms with Crippen molar-refractivity contribution in [1.29, 1.82) is 0 Å². The molecule has 0 unspecified atom stereocenters. The lowest BCUT2D eigenvalue weighted by Gasteiger charge is -2.02. The topological polar surface area (TPSA) is 121 Å². The van der Waals surface area contributed by atoms with Gasteiger partial charge in [0.25, 0.3) is 5.91 Å². The Balaban J connectivity index is 1.65. The van der Waals surface area contributed by atoms with Gasteiger partial charge in [0, 0.05) is 5.92 Å². The van der Waals surface area contributed by atoms with Crippen LogP contribution in [-0.4, -0.2) is 36.6 Å². The van der Waals surface area contributed by atoms with Crippen molar-refractivity contribution in [3.05, 3.63) is 18.1 Å². The average Bonchev–Trinajstić information content (AvgIpc) is 3.14. The van der Waals surface area contributed by atoms with Crippen LogP contribution in [0, 0.1) is 12.8 Å².